The van der Waals surface area contributed by atoms with Gasteiger partial charge in [0, 0.05) is 6.04 Å². The highest BCUT2D eigenvalue weighted by Crippen LogP contribution is 2.23. The SMILES string of the molecule is Cc1ccc(O)c(NC(=O)C(=O)NC2CCCCCCCCCCC2)c1. The van der Waals surface area contributed by atoms with Crippen LogP contribution in [-0.2, 0) is 9.59 Å². The summed E-state index contributed by atoms with van der Waals surface area (Å²) in [4.78, 5) is 24.5. The Bertz CT molecular complexity index is 589. The van der Waals surface area contributed by atoms with Crippen molar-refractivity contribution < 1.29 is 14.7 Å². The molecule has 0 atom stereocenters. The number of hydrogen-bond acceptors (Lipinski definition) is 3. The first-order valence-electron chi connectivity index (χ1n) is 9.98. The fraction of sp³-hybridized carbons (Fsp3) is 0.619. The van der Waals surface area contributed by atoms with E-state index in [9.17, 15) is 14.7 Å². The van der Waals surface area contributed by atoms with Gasteiger partial charge in [-0.2, -0.15) is 0 Å². The van der Waals surface area contributed by atoms with E-state index in [1.807, 2.05) is 6.92 Å². The van der Waals surface area contributed by atoms with Crippen LogP contribution in [0.1, 0.15) is 76.2 Å². The summed E-state index contributed by atoms with van der Waals surface area (Å²) < 4.78 is 0. The molecule has 0 heterocycles. The maximum absolute atomic E-state index is 12.3. The predicted molar refractivity (Wildman–Crippen MR) is 104 cm³/mol. The standard InChI is InChI=1S/C21H32N2O3/c1-16-13-14-19(24)18(15-16)23-21(26)20(25)22-17-11-9-7-5-3-2-4-6-8-10-12-17/h13-15,17,24H,2-12H2,1H3,(H,22,25)(H,23,26). The van der Waals surface area contributed by atoms with Gasteiger partial charge in [0.25, 0.3) is 0 Å². The lowest BCUT2D eigenvalue weighted by molar-refractivity contribution is -0.136. The van der Waals surface area contributed by atoms with Gasteiger partial charge in [-0.3, -0.25) is 9.59 Å². The lowest BCUT2D eigenvalue weighted by Gasteiger charge is -2.19. The predicted octanol–water partition coefficient (Wildman–Crippen LogP) is 4.43. The average molecular weight is 360 g/mol. The quantitative estimate of drug-likeness (QED) is 0.539. The van der Waals surface area contributed by atoms with Gasteiger partial charge in [0.1, 0.15) is 5.75 Å². The molecule has 144 valence electrons. The van der Waals surface area contributed by atoms with Crippen molar-refractivity contribution in [2.45, 2.75) is 83.6 Å². The number of phenols is 1. The molecule has 0 spiro atoms. The first kappa shape index (κ1) is 20.3. The molecule has 0 aromatic heterocycles. The van der Waals surface area contributed by atoms with E-state index in [-0.39, 0.29) is 17.5 Å². The maximum atomic E-state index is 12.3. The minimum atomic E-state index is -0.725. The maximum Gasteiger partial charge on any atom is 0.313 e. The van der Waals surface area contributed by atoms with Crippen molar-refractivity contribution in [3.63, 3.8) is 0 Å². The number of rotatable bonds is 2. The summed E-state index contributed by atoms with van der Waals surface area (Å²) in [7, 11) is 0. The molecule has 1 aromatic carbocycles. The zero-order valence-corrected chi connectivity index (χ0v) is 15.9. The Morgan fingerprint density at radius 3 is 2.00 bits per heavy atom. The average Bonchev–Trinajstić information content (AvgIpc) is 2.60. The van der Waals surface area contributed by atoms with Crippen molar-refractivity contribution in [1.29, 1.82) is 0 Å². The Morgan fingerprint density at radius 1 is 0.885 bits per heavy atom. The first-order chi connectivity index (χ1) is 12.6. The lowest BCUT2D eigenvalue weighted by Crippen LogP contribution is -2.42. The van der Waals surface area contributed by atoms with Crippen molar-refractivity contribution in [3.05, 3.63) is 23.8 Å². The molecule has 3 N–H and O–H groups in total. The minimum Gasteiger partial charge on any atom is -0.506 e. The molecular formula is C21H32N2O3. The Balaban J connectivity index is 1.87. The summed E-state index contributed by atoms with van der Waals surface area (Å²) >= 11 is 0. The summed E-state index contributed by atoms with van der Waals surface area (Å²) in [6.45, 7) is 1.86. The summed E-state index contributed by atoms with van der Waals surface area (Å²) in [5, 5.41) is 15.2. The number of carbonyl (C=O) groups excluding carboxylic acids is 2. The molecule has 1 aromatic rings. The van der Waals surface area contributed by atoms with Gasteiger partial charge in [-0.25, -0.2) is 0 Å². The summed E-state index contributed by atoms with van der Waals surface area (Å²) in [5.41, 5.74) is 1.17. The fourth-order valence-electron chi connectivity index (χ4n) is 3.49. The van der Waals surface area contributed by atoms with Crippen LogP contribution in [0.25, 0.3) is 0 Å². The molecular weight excluding hydrogens is 328 g/mol. The van der Waals surface area contributed by atoms with E-state index in [1.54, 1.807) is 12.1 Å². The molecule has 5 nitrogen and oxygen atoms in total. The second-order valence-electron chi connectivity index (χ2n) is 7.40. The van der Waals surface area contributed by atoms with E-state index >= 15 is 0 Å². The van der Waals surface area contributed by atoms with Gasteiger partial charge >= 0.3 is 11.8 Å². The van der Waals surface area contributed by atoms with Crippen LogP contribution in [0.2, 0.25) is 0 Å². The van der Waals surface area contributed by atoms with Gasteiger partial charge in [-0.05, 0) is 37.5 Å². The molecule has 5 heteroatoms. The third-order valence-electron chi connectivity index (χ3n) is 5.05. The van der Waals surface area contributed by atoms with Crippen LogP contribution in [0.4, 0.5) is 5.69 Å². The largest absolute Gasteiger partial charge is 0.506 e. The van der Waals surface area contributed by atoms with Crippen molar-refractivity contribution in [3.8, 4) is 5.75 Å². The van der Waals surface area contributed by atoms with Crippen LogP contribution >= 0.6 is 0 Å². The highest BCUT2D eigenvalue weighted by atomic mass is 16.3. The van der Waals surface area contributed by atoms with Crippen molar-refractivity contribution in [1.82, 2.24) is 5.32 Å². The number of hydrogen-bond donors (Lipinski definition) is 3. The highest BCUT2D eigenvalue weighted by molar-refractivity contribution is 6.39. The number of anilines is 1. The van der Waals surface area contributed by atoms with Crippen molar-refractivity contribution in [2.24, 2.45) is 0 Å². The fourth-order valence-corrected chi connectivity index (χ4v) is 3.49. The molecule has 2 rings (SSSR count). The smallest absolute Gasteiger partial charge is 0.313 e. The topological polar surface area (TPSA) is 78.4 Å². The van der Waals surface area contributed by atoms with Crippen LogP contribution in [0, 0.1) is 6.92 Å². The van der Waals surface area contributed by atoms with E-state index < -0.39 is 11.8 Å². The summed E-state index contributed by atoms with van der Waals surface area (Å²) in [5.74, 6) is -1.39. The number of aromatic hydroxyl groups is 1. The Kier molecular flexibility index (Phi) is 8.45. The monoisotopic (exact) mass is 360 g/mol. The van der Waals surface area contributed by atoms with Gasteiger partial charge in [0.05, 0.1) is 5.69 Å². The van der Waals surface area contributed by atoms with Gasteiger partial charge in [0.2, 0.25) is 0 Å². The third kappa shape index (κ3) is 7.06. The molecule has 1 aliphatic rings. The Labute approximate surface area is 156 Å². The highest BCUT2D eigenvalue weighted by Gasteiger charge is 2.19. The molecule has 0 aliphatic heterocycles. The van der Waals surface area contributed by atoms with E-state index in [4.69, 9.17) is 0 Å². The second-order valence-corrected chi connectivity index (χ2v) is 7.40. The molecule has 0 unspecified atom stereocenters. The molecule has 1 aliphatic carbocycles. The number of carbonyl (C=O) groups is 2. The van der Waals surface area contributed by atoms with Crippen LogP contribution < -0.4 is 10.6 Å². The first-order valence-corrected chi connectivity index (χ1v) is 9.98. The number of benzene rings is 1. The molecule has 0 bridgehead atoms. The zero-order chi connectivity index (χ0) is 18.8. The summed E-state index contributed by atoms with van der Waals surface area (Å²) in [6.07, 6.45) is 12.9. The zero-order valence-electron chi connectivity index (χ0n) is 15.9. The molecule has 26 heavy (non-hydrogen) atoms. The van der Waals surface area contributed by atoms with Crippen LogP contribution in [0.15, 0.2) is 18.2 Å². The van der Waals surface area contributed by atoms with Gasteiger partial charge in [-0.1, -0.05) is 63.9 Å². The van der Waals surface area contributed by atoms with Crippen LogP contribution in [0.5, 0.6) is 5.75 Å². The van der Waals surface area contributed by atoms with Crippen LogP contribution in [0.3, 0.4) is 0 Å². The number of amides is 2. The molecule has 2 amide bonds. The third-order valence-corrected chi connectivity index (χ3v) is 5.05. The summed E-state index contributed by atoms with van der Waals surface area (Å²) in [6, 6.07) is 4.96. The lowest BCUT2D eigenvalue weighted by atomic mass is 9.98. The molecule has 1 fully saturated rings. The van der Waals surface area contributed by atoms with Gasteiger partial charge in [0.15, 0.2) is 0 Å². The number of aryl methyl sites for hydroxylation is 1. The van der Waals surface area contributed by atoms with E-state index in [0.29, 0.717) is 0 Å². The second kappa shape index (κ2) is 10.8. The van der Waals surface area contributed by atoms with E-state index in [0.717, 1.165) is 31.2 Å². The van der Waals surface area contributed by atoms with E-state index in [2.05, 4.69) is 10.6 Å². The minimum absolute atomic E-state index is 0.0391. The van der Waals surface area contributed by atoms with Crippen molar-refractivity contribution >= 4 is 17.5 Å². The van der Waals surface area contributed by atoms with E-state index in [1.165, 1.54) is 51.0 Å². The number of phenolic OH excluding ortho intramolecular Hbond substituents is 1. The Hall–Kier alpha value is -2.04. The normalized spacial score (nSPS) is 17.6. The van der Waals surface area contributed by atoms with Gasteiger partial charge in [-0.15, -0.1) is 0 Å². The van der Waals surface area contributed by atoms with Crippen molar-refractivity contribution in [2.75, 3.05) is 5.32 Å². The molecule has 0 saturated heterocycles. The Morgan fingerprint density at radius 2 is 1.42 bits per heavy atom. The number of nitrogens with one attached hydrogen (secondary N) is 2. The molecule has 0 radical (unpaired) electrons. The van der Waals surface area contributed by atoms with Crippen LogP contribution in [-0.4, -0.2) is 23.0 Å². The van der Waals surface area contributed by atoms with Gasteiger partial charge < -0.3 is 15.7 Å². The molecule has 1 saturated carbocycles.